The van der Waals surface area contributed by atoms with E-state index in [1.807, 2.05) is 13.0 Å². The Hall–Kier alpha value is -1.52. The number of carbonyl (C=O) groups excluding carboxylic acids is 2. The Morgan fingerprint density at radius 1 is 1.00 bits per heavy atom. The molecule has 3 amide bonds. The van der Waals surface area contributed by atoms with Gasteiger partial charge in [0.15, 0.2) is 0 Å². The van der Waals surface area contributed by atoms with Crippen LogP contribution in [0.15, 0.2) is 12.7 Å². The lowest BCUT2D eigenvalue weighted by Gasteiger charge is -2.08. The molecule has 0 unspecified atom stereocenters. The first-order valence-electron chi connectivity index (χ1n) is 7.64. The number of nitrogens with one attached hydrogen (secondary N) is 3. The van der Waals surface area contributed by atoms with Gasteiger partial charge in [0.2, 0.25) is 5.91 Å². The molecular weight excluding hydrogens is 254 g/mol. The van der Waals surface area contributed by atoms with Crippen LogP contribution in [0, 0.1) is 0 Å². The van der Waals surface area contributed by atoms with Gasteiger partial charge >= 0.3 is 6.03 Å². The molecule has 0 aliphatic heterocycles. The number of hydrogen-bond acceptors (Lipinski definition) is 2. The number of allylic oxidation sites excluding steroid dienone is 1. The lowest BCUT2D eigenvalue weighted by atomic mass is 10.1. The lowest BCUT2D eigenvalue weighted by molar-refractivity contribution is -0.121. The van der Waals surface area contributed by atoms with Crippen LogP contribution in [0.25, 0.3) is 0 Å². The average Bonchev–Trinajstić information content (AvgIpc) is 2.45. The maximum atomic E-state index is 11.4. The molecule has 0 aromatic rings. The number of unbranched alkanes of at least 4 members (excludes halogenated alkanes) is 6. The van der Waals surface area contributed by atoms with E-state index in [2.05, 4.69) is 22.7 Å². The molecule has 116 valence electrons. The Morgan fingerprint density at radius 3 is 2.30 bits per heavy atom. The highest BCUT2D eigenvalue weighted by molar-refractivity contribution is 5.80. The van der Waals surface area contributed by atoms with E-state index in [0.717, 1.165) is 32.1 Å². The van der Waals surface area contributed by atoms with Crippen LogP contribution in [0.3, 0.4) is 0 Å². The summed E-state index contributed by atoms with van der Waals surface area (Å²) in [5, 5.41) is 2.62. The number of urea groups is 1. The maximum absolute atomic E-state index is 11.4. The highest BCUT2D eigenvalue weighted by Crippen LogP contribution is 2.08. The maximum Gasteiger partial charge on any atom is 0.333 e. The van der Waals surface area contributed by atoms with Gasteiger partial charge in [-0.05, 0) is 25.7 Å². The van der Waals surface area contributed by atoms with Crippen LogP contribution in [-0.2, 0) is 4.79 Å². The second-order valence-corrected chi connectivity index (χ2v) is 4.88. The minimum atomic E-state index is -0.359. The summed E-state index contributed by atoms with van der Waals surface area (Å²) >= 11 is 0. The zero-order valence-corrected chi connectivity index (χ0v) is 12.7. The highest BCUT2D eigenvalue weighted by Gasteiger charge is 2.03. The molecule has 0 rings (SSSR count). The topological polar surface area (TPSA) is 70.2 Å². The van der Waals surface area contributed by atoms with Crippen LogP contribution in [0.1, 0.15) is 64.7 Å². The summed E-state index contributed by atoms with van der Waals surface area (Å²) < 4.78 is 0. The molecule has 0 aliphatic rings. The number of amides is 3. The standard InChI is InChI=1S/C15H29N3O2/c1-3-5-6-7-8-9-10-11-12-14(19)17-18-15(20)16-13-4-2/h3H,1,4-13H2,2H3,(H,17,19)(H2,16,18,20). The normalized spacial score (nSPS) is 9.85. The molecule has 20 heavy (non-hydrogen) atoms. The van der Waals surface area contributed by atoms with Crippen LogP contribution in [0.4, 0.5) is 4.79 Å². The molecule has 5 heteroatoms. The minimum Gasteiger partial charge on any atom is -0.337 e. The Labute approximate surface area is 122 Å². The number of hydrogen-bond donors (Lipinski definition) is 3. The molecule has 0 aromatic heterocycles. The van der Waals surface area contributed by atoms with Crippen molar-refractivity contribution in [1.29, 1.82) is 0 Å². The summed E-state index contributed by atoms with van der Waals surface area (Å²) in [7, 11) is 0. The van der Waals surface area contributed by atoms with Crippen molar-refractivity contribution < 1.29 is 9.59 Å². The van der Waals surface area contributed by atoms with Crippen molar-refractivity contribution in [3.05, 3.63) is 12.7 Å². The van der Waals surface area contributed by atoms with Crippen molar-refractivity contribution in [1.82, 2.24) is 16.2 Å². The third-order valence-corrected chi connectivity index (χ3v) is 2.91. The molecule has 0 saturated carbocycles. The van der Waals surface area contributed by atoms with Crippen LogP contribution in [0.5, 0.6) is 0 Å². The lowest BCUT2D eigenvalue weighted by Crippen LogP contribution is -2.47. The van der Waals surface area contributed by atoms with Gasteiger partial charge in [-0.3, -0.25) is 10.2 Å². The summed E-state index contributed by atoms with van der Waals surface area (Å²) in [6.45, 7) is 6.27. The molecule has 0 spiro atoms. The van der Waals surface area contributed by atoms with Gasteiger partial charge in [-0.15, -0.1) is 6.58 Å². The van der Waals surface area contributed by atoms with Crippen molar-refractivity contribution in [2.75, 3.05) is 6.54 Å². The van der Waals surface area contributed by atoms with E-state index < -0.39 is 0 Å². The van der Waals surface area contributed by atoms with E-state index in [-0.39, 0.29) is 11.9 Å². The zero-order valence-electron chi connectivity index (χ0n) is 12.7. The number of carbonyl (C=O) groups is 2. The fourth-order valence-electron chi connectivity index (χ4n) is 1.75. The van der Waals surface area contributed by atoms with E-state index in [4.69, 9.17) is 0 Å². The molecule has 0 saturated heterocycles. The summed E-state index contributed by atoms with van der Waals surface area (Å²) in [4.78, 5) is 22.6. The smallest absolute Gasteiger partial charge is 0.333 e. The van der Waals surface area contributed by atoms with Crippen molar-refractivity contribution in [3.63, 3.8) is 0 Å². The molecule has 0 bridgehead atoms. The van der Waals surface area contributed by atoms with Gasteiger partial charge in [-0.1, -0.05) is 38.7 Å². The van der Waals surface area contributed by atoms with Crippen LogP contribution < -0.4 is 16.2 Å². The summed E-state index contributed by atoms with van der Waals surface area (Å²) in [6.07, 6.45) is 11.1. The van der Waals surface area contributed by atoms with Gasteiger partial charge < -0.3 is 5.32 Å². The summed E-state index contributed by atoms with van der Waals surface area (Å²) in [5.74, 6) is -0.136. The van der Waals surface area contributed by atoms with Crippen molar-refractivity contribution >= 4 is 11.9 Å². The fourth-order valence-corrected chi connectivity index (χ4v) is 1.75. The molecular formula is C15H29N3O2. The summed E-state index contributed by atoms with van der Waals surface area (Å²) in [5.41, 5.74) is 4.73. The molecule has 0 aromatic carbocycles. The van der Waals surface area contributed by atoms with Crippen molar-refractivity contribution in [3.8, 4) is 0 Å². The van der Waals surface area contributed by atoms with Crippen molar-refractivity contribution in [2.45, 2.75) is 64.7 Å². The van der Waals surface area contributed by atoms with Gasteiger partial charge in [0.25, 0.3) is 0 Å². The van der Waals surface area contributed by atoms with E-state index in [1.165, 1.54) is 19.3 Å². The Morgan fingerprint density at radius 2 is 1.65 bits per heavy atom. The average molecular weight is 283 g/mol. The third kappa shape index (κ3) is 12.9. The van der Waals surface area contributed by atoms with E-state index in [9.17, 15) is 9.59 Å². The molecule has 0 fully saturated rings. The largest absolute Gasteiger partial charge is 0.337 e. The Balaban J connectivity index is 3.32. The SMILES string of the molecule is C=CCCCCCCCCC(=O)NNC(=O)NCCC. The predicted molar refractivity (Wildman–Crippen MR) is 82.1 cm³/mol. The minimum absolute atomic E-state index is 0.136. The quantitative estimate of drug-likeness (QED) is 0.310. The van der Waals surface area contributed by atoms with Gasteiger partial charge in [-0.2, -0.15) is 0 Å². The monoisotopic (exact) mass is 283 g/mol. The van der Waals surface area contributed by atoms with Gasteiger partial charge in [-0.25, -0.2) is 10.2 Å². The van der Waals surface area contributed by atoms with Gasteiger partial charge in [0.1, 0.15) is 0 Å². The predicted octanol–water partition coefficient (Wildman–Crippen LogP) is 3.03. The zero-order chi connectivity index (χ0) is 15.1. The molecule has 0 atom stereocenters. The second kappa shape index (κ2) is 13.9. The molecule has 5 nitrogen and oxygen atoms in total. The number of hydrazine groups is 1. The first-order valence-corrected chi connectivity index (χ1v) is 7.64. The van der Waals surface area contributed by atoms with Crippen LogP contribution in [0.2, 0.25) is 0 Å². The second-order valence-electron chi connectivity index (χ2n) is 4.88. The molecule has 0 radical (unpaired) electrons. The van der Waals surface area contributed by atoms with Crippen LogP contribution >= 0.6 is 0 Å². The molecule has 0 heterocycles. The van der Waals surface area contributed by atoms with Crippen LogP contribution in [-0.4, -0.2) is 18.5 Å². The third-order valence-electron chi connectivity index (χ3n) is 2.91. The van der Waals surface area contributed by atoms with E-state index in [0.29, 0.717) is 13.0 Å². The highest BCUT2D eigenvalue weighted by atomic mass is 16.2. The first kappa shape index (κ1) is 18.5. The van der Waals surface area contributed by atoms with Gasteiger partial charge in [0.05, 0.1) is 0 Å². The first-order chi connectivity index (χ1) is 9.70. The van der Waals surface area contributed by atoms with E-state index >= 15 is 0 Å². The Kier molecular flexibility index (Phi) is 12.8. The van der Waals surface area contributed by atoms with Crippen molar-refractivity contribution in [2.24, 2.45) is 0 Å². The molecule has 3 N–H and O–H groups in total. The number of rotatable bonds is 11. The fraction of sp³-hybridized carbons (Fsp3) is 0.733. The summed E-state index contributed by atoms with van der Waals surface area (Å²) in [6, 6.07) is -0.359. The van der Waals surface area contributed by atoms with E-state index in [1.54, 1.807) is 0 Å². The molecule has 0 aliphatic carbocycles. The van der Waals surface area contributed by atoms with Gasteiger partial charge in [0, 0.05) is 13.0 Å². The Bertz CT molecular complexity index is 280.